The molecule has 0 spiro atoms. The van der Waals surface area contributed by atoms with Crippen LogP contribution in [-0.4, -0.2) is 24.3 Å². The van der Waals surface area contributed by atoms with Crippen LogP contribution >= 0.6 is 11.3 Å². The number of aromatic nitrogens is 2. The molecule has 4 aromatic rings. The van der Waals surface area contributed by atoms with Crippen molar-refractivity contribution >= 4 is 38.6 Å². The van der Waals surface area contributed by atoms with Crippen LogP contribution < -0.4 is 14.8 Å². The largest absolute Gasteiger partial charge is 0.424 e. The number of benzene rings is 2. The Labute approximate surface area is 195 Å². The number of nitrogens with one attached hydrogen (secondary N) is 2. The molecule has 0 bridgehead atoms. The van der Waals surface area contributed by atoms with E-state index in [2.05, 4.69) is 20.0 Å². The summed E-state index contributed by atoms with van der Waals surface area (Å²) in [5.41, 5.74) is 2.68. The van der Waals surface area contributed by atoms with E-state index in [0.717, 1.165) is 22.5 Å². The molecular weight excluding hydrogens is 460 g/mol. The minimum Gasteiger partial charge on any atom is -0.424 e. The van der Waals surface area contributed by atoms with E-state index in [9.17, 15) is 13.2 Å². The number of carbonyl (C=O) groups is 1. The maximum absolute atomic E-state index is 12.5. The summed E-state index contributed by atoms with van der Waals surface area (Å²) in [5.74, 6) is 0.377. The number of aryl methyl sites for hydroxylation is 1. The van der Waals surface area contributed by atoms with E-state index in [0.29, 0.717) is 17.1 Å². The summed E-state index contributed by atoms with van der Waals surface area (Å²) < 4.78 is 33.0. The van der Waals surface area contributed by atoms with Crippen molar-refractivity contribution in [2.75, 3.05) is 10.0 Å². The molecule has 2 heterocycles. The number of hydrogen-bond acceptors (Lipinski definition) is 7. The fraction of sp³-hybridized carbons (Fsp3) is 0.0870. The van der Waals surface area contributed by atoms with Crippen LogP contribution in [-0.2, 0) is 21.2 Å². The first-order valence-electron chi connectivity index (χ1n) is 9.90. The normalized spacial score (nSPS) is 11.1. The predicted molar refractivity (Wildman–Crippen MR) is 127 cm³/mol. The Morgan fingerprint density at radius 3 is 2.45 bits per heavy atom. The lowest BCUT2D eigenvalue weighted by Crippen LogP contribution is -2.15. The van der Waals surface area contributed by atoms with Crippen molar-refractivity contribution in [3.63, 3.8) is 0 Å². The van der Waals surface area contributed by atoms with Gasteiger partial charge in [-0.3, -0.25) is 9.52 Å². The number of carbonyl (C=O) groups excluding carboxylic acids is 1. The first kappa shape index (κ1) is 22.4. The van der Waals surface area contributed by atoms with Gasteiger partial charge in [0.15, 0.2) is 0 Å². The van der Waals surface area contributed by atoms with Gasteiger partial charge < -0.3 is 10.1 Å². The maximum atomic E-state index is 12.5. The van der Waals surface area contributed by atoms with Gasteiger partial charge in [0.05, 0.1) is 6.42 Å². The molecule has 0 aliphatic carbocycles. The molecule has 0 atom stereocenters. The van der Waals surface area contributed by atoms with Crippen molar-refractivity contribution in [2.24, 2.45) is 0 Å². The van der Waals surface area contributed by atoms with E-state index in [-0.39, 0.29) is 22.5 Å². The lowest BCUT2D eigenvalue weighted by atomic mass is 10.1. The van der Waals surface area contributed by atoms with E-state index >= 15 is 0 Å². The summed E-state index contributed by atoms with van der Waals surface area (Å²) in [5, 5.41) is 4.59. The Morgan fingerprint density at radius 2 is 1.79 bits per heavy atom. The number of sulfonamides is 1. The number of nitrogens with zero attached hydrogens (tertiary/aromatic N) is 2. The van der Waals surface area contributed by atoms with Crippen LogP contribution in [0.5, 0.6) is 11.8 Å². The number of anilines is 2. The summed E-state index contributed by atoms with van der Waals surface area (Å²) in [6.45, 7) is 1.86. The van der Waals surface area contributed by atoms with Gasteiger partial charge >= 0.3 is 6.01 Å². The molecule has 0 saturated heterocycles. The fourth-order valence-electron chi connectivity index (χ4n) is 2.98. The highest BCUT2D eigenvalue weighted by molar-refractivity contribution is 7.94. The highest BCUT2D eigenvalue weighted by Gasteiger charge is 2.15. The Morgan fingerprint density at radius 1 is 1.03 bits per heavy atom. The highest BCUT2D eigenvalue weighted by Crippen LogP contribution is 2.25. The first-order chi connectivity index (χ1) is 15.9. The Balaban J connectivity index is 1.35. The average Bonchev–Trinajstić information content (AvgIpc) is 3.34. The predicted octanol–water partition coefficient (Wildman–Crippen LogP) is 4.62. The van der Waals surface area contributed by atoms with Crippen molar-refractivity contribution in [3.8, 4) is 11.8 Å². The Hall–Kier alpha value is -3.76. The summed E-state index contributed by atoms with van der Waals surface area (Å²) in [4.78, 5) is 20.5. The number of rotatable bonds is 8. The van der Waals surface area contributed by atoms with Gasteiger partial charge in [0, 0.05) is 23.8 Å². The second-order valence-electron chi connectivity index (χ2n) is 7.07. The molecule has 0 aliphatic rings. The number of hydrogen-bond donors (Lipinski definition) is 2. The van der Waals surface area contributed by atoms with Crippen molar-refractivity contribution in [1.29, 1.82) is 0 Å². The minimum absolute atomic E-state index is 0.146. The topological polar surface area (TPSA) is 110 Å². The Bertz CT molecular complexity index is 1340. The molecule has 2 aromatic heterocycles. The van der Waals surface area contributed by atoms with E-state index < -0.39 is 10.0 Å². The average molecular weight is 481 g/mol. The maximum Gasteiger partial charge on any atom is 0.321 e. The second kappa shape index (κ2) is 9.80. The van der Waals surface area contributed by atoms with Crippen LogP contribution in [0.25, 0.3) is 0 Å². The summed E-state index contributed by atoms with van der Waals surface area (Å²) >= 11 is 1.15. The van der Waals surface area contributed by atoms with Crippen molar-refractivity contribution in [1.82, 2.24) is 9.97 Å². The highest BCUT2D eigenvalue weighted by atomic mass is 32.2. The van der Waals surface area contributed by atoms with Gasteiger partial charge in [-0.05, 0) is 65.9 Å². The standard InChI is InChI=1S/C23H20N4O4S2/c1-16-14-19(31-23-24-11-3-12-25-23)9-10-20(16)26-21(28)15-17-5-7-18(8-6-17)27-33(29,30)22-4-2-13-32-22/h2-14,27H,15H2,1H3,(H,26,28). The quantitative estimate of drug-likeness (QED) is 0.381. The summed E-state index contributed by atoms with van der Waals surface area (Å²) in [7, 11) is -3.60. The van der Waals surface area contributed by atoms with Crippen LogP contribution in [0.1, 0.15) is 11.1 Å². The van der Waals surface area contributed by atoms with Gasteiger partial charge in [0.25, 0.3) is 10.0 Å². The lowest BCUT2D eigenvalue weighted by Gasteiger charge is -2.11. The van der Waals surface area contributed by atoms with Crippen molar-refractivity contribution in [2.45, 2.75) is 17.6 Å². The van der Waals surface area contributed by atoms with E-state index in [1.165, 1.54) is 0 Å². The third kappa shape index (κ3) is 5.93. The molecule has 33 heavy (non-hydrogen) atoms. The third-order valence-corrected chi connectivity index (χ3v) is 7.33. The second-order valence-corrected chi connectivity index (χ2v) is 9.93. The Kier molecular flexibility index (Phi) is 6.66. The minimum atomic E-state index is -3.60. The van der Waals surface area contributed by atoms with Crippen LogP contribution in [0.4, 0.5) is 11.4 Å². The molecule has 2 N–H and O–H groups in total. The van der Waals surface area contributed by atoms with Crippen molar-refractivity contribution in [3.05, 3.63) is 89.6 Å². The monoisotopic (exact) mass is 480 g/mol. The van der Waals surface area contributed by atoms with E-state index in [4.69, 9.17) is 4.74 Å². The molecule has 0 radical (unpaired) electrons. The van der Waals surface area contributed by atoms with Gasteiger partial charge in [0.1, 0.15) is 9.96 Å². The molecule has 8 nitrogen and oxygen atoms in total. The molecule has 2 aromatic carbocycles. The van der Waals surface area contributed by atoms with Gasteiger partial charge in [-0.15, -0.1) is 11.3 Å². The molecule has 4 rings (SSSR count). The SMILES string of the molecule is Cc1cc(Oc2ncccn2)ccc1NC(=O)Cc1ccc(NS(=O)(=O)c2cccs2)cc1. The summed E-state index contributed by atoms with van der Waals surface area (Å²) in [6, 6.07) is 17.2. The molecule has 1 amide bonds. The smallest absolute Gasteiger partial charge is 0.321 e. The van der Waals surface area contributed by atoms with E-state index in [1.54, 1.807) is 78.4 Å². The first-order valence-corrected chi connectivity index (χ1v) is 12.3. The number of amides is 1. The lowest BCUT2D eigenvalue weighted by molar-refractivity contribution is -0.115. The molecule has 0 unspecified atom stereocenters. The molecular formula is C23H20N4O4S2. The van der Waals surface area contributed by atoms with Gasteiger partial charge in [-0.25, -0.2) is 18.4 Å². The van der Waals surface area contributed by atoms with Gasteiger partial charge in [0.2, 0.25) is 5.91 Å². The molecule has 10 heteroatoms. The molecule has 0 saturated carbocycles. The molecule has 0 aliphatic heterocycles. The molecule has 168 valence electrons. The van der Waals surface area contributed by atoms with Crippen LogP contribution in [0, 0.1) is 6.92 Å². The summed E-state index contributed by atoms with van der Waals surface area (Å²) in [6.07, 6.45) is 3.33. The third-order valence-electron chi connectivity index (χ3n) is 4.55. The van der Waals surface area contributed by atoms with Crippen LogP contribution in [0.15, 0.2) is 82.6 Å². The number of thiophene rings is 1. The van der Waals surface area contributed by atoms with Crippen molar-refractivity contribution < 1.29 is 17.9 Å². The number of ether oxygens (including phenoxy) is 1. The molecule has 0 fully saturated rings. The van der Waals surface area contributed by atoms with Crippen LogP contribution in [0.3, 0.4) is 0 Å². The van der Waals surface area contributed by atoms with Crippen LogP contribution in [0.2, 0.25) is 0 Å². The van der Waals surface area contributed by atoms with Gasteiger partial charge in [-0.2, -0.15) is 0 Å². The zero-order chi connectivity index (χ0) is 23.3. The van der Waals surface area contributed by atoms with E-state index in [1.807, 2.05) is 6.92 Å². The zero-order valence-corrected chi connectivity index (χ0v) is 19.2. The van der Waals surface area contributed by atoms with Gasteiger partial charge in [-0.1, -0.05) is 18.2 Å². The fourth-order valence-corrected chi connectivity index (χ4v) is 5.03. The zero-order valence-electron chi connectivity index (χ0n) is 17.6.